The Morgan fingerprint density at radius 2 is 2.12 bits per heavy atom. The maximum absolute atomic E-state index is 6.00. The number of aryl methyl sites for hydroxylation is 1. The van der Waals surface area contributed by atoms with Gasteiger partial charge in [-0.2, -0.15) is 0 Å². The van der Waals surface area contributed by atoms with E-state index in [2.05, 4.69) is 45.9 Å². The molecule has 0 saturated carbocycles. The summed E-state index contributed by atoms with van der Waals surface area (Å²) >= 11 is 7.76. The predicted octanol–water partition coefficient (Wildman–Crippen LogP) is 4.23. The van der Waals surface area contributed by atoms with Gasteiger partial charge in [-0.3, -0.25) is 0 Å². The highest BCUT2D eigenvalue weighted by molar-refractivity contribution is 14.0. The topological polar surface area (TPSA) is 53.7 Å². The average Bonchev–Trinajstić information content (AvgIpc) is 3.15. The Bertz CT molecular complexity index is 858. The second-order valence-corrected chi connectivity index (χ2v) is 6.86. The fourth-order valence-corrected chi connectivity index (χ4v) is 3.36. The Morgan fingerprint density at radius 1 is 1.28 bits per heavy atom. The van der Waals surface area contributed by atoms with Crippen LogP contribution in [0.25, 0.3) is 5.65 Å². The molecule has 3 aromatic heterocycles. The summed E-state index contributed by atoms with van der Waals surface area (Å²) in [5, 5.41) is 9.44. The first-order valence-electron chi connectivity index (χ1n) is 7.84. The SMILES string of the molecule is CCNC(=NCc1cn2cc(Cl)ccc2n1)NCc1sccc1C.I. The second kappa shape index (κ2) is 9.40. The lowest BCUT2D eigenvalue weighted by atomic mass is 10.3. The Hall–Kier alpha value is -1.32. The minimum Gasteiger partial charge on any atom is -0.357 e. The van der Waals surface area contributed by atoms with Crippen LogP contribution >= 0.6 is 46.9 Å². The lowest BCUT2D eigenvalue weighted by Crippen LogP contribution is -2.36. The van der Waals surface area contributed by atoms with Crippen molar-refractivity contribution in [2.45, 2.75) is 26.9 Å². The standard InChI is InChI=1S/C17H20ClN5S.HI/c1-3-19-17(21-9-15-12(2)6-7-24-15)20-8-14-11-23-10-13(18)4-5-16(23)22-14;/h4-7,10-11H,3,8-9H2,1-2H3,(H2,19,20,21);1H. The van der Waals surface area contributed by atoms with Crippen LogP contribution in [0.4, 0.5) is 0 Å². The highest BCUT2D eigenvalue weighted by Gasteiger charge is 2.04. The third-order valence-corrected chi connectivity index (χ3v) is 4.84. The van der Waals surface area contributed by atoms with Gasteiger partial charge >= 0.3 is 0 Å². The molecular weight excluding hydrogens is 469 g/mol. The molecule has 0 atom stereocenters. The van der Waals surface area contributed by atoms with Crippen LogP contribution in [-0.4, -0.2) is 21.9 Å². The van der Waals surface area contributed by atoms with Crippen molar-refractivity contribution in [2.24, 2.45) is 4.99 Å². The molecule has 134 valence electrons. The lowest BCUT2D eigenvalue weighted by molar-refractivity contribution is 0.818. The van der Waals surface area contributed by atoms with Crippen LogP contribution in [0.1, 0.15) is 23.1 Å². The summed E-state index contributed by atoms with van der Waals surface area (Å²) in [5.74, 6) is 0.792. The molecule has 0 aromatic carbocycles. The number of hydrogen-bond acceptors (Lipinski definition) is 3. The number of rotatable bonds is 5. The van der Waals surface area contributed by atoms with Crippen LogP contribution in [0.2, 0.25) is 5.02 Å². The maximum Gasteiger partial charge on any atom is 0.191 e. The van der Waals surface area contributed by atoms with Crippen LogP contribution in [-0.2, 0) is 13.1 Å². The fraction of sp³-hybridized carbons (Fsp3) is 0.294. The van der Waals surface area contributed by atoms with Gasteiger partial charge in [-0.1, -0.05) is 11.6 Å². The molecule has 0 radical (unpaired) electrons. The van der Waals surface area contributed by atoms with Gasteiger partial charge in [-0.25, -0.2) is 9.98 Å². The van der Waals surface area contributed by atoms with Gasteiger partial charge in [0.15, 0.2) is 5.96 Å². The molecule has 0 spiro atoms. The summed E-state index contributed by atoms with van der Waals surface area (Å²) in [7, 11) is 0. The smallest absolute Gasteiger partial charge is 0.191 e. The van der Waals surface area contributed by atoms with E-state index >= 15 is 0 Å². The van der Waals surface area contributed by atoms with Crippen LogP contribution in [0.3, 0.4) is 0 Å². The molecule has 5 nitrogen and oxygen atoms in total. The van der Waals surface area contributed by atoms with Crippen molar-refractivity contribution in [3.8, 4) is 0 Å². The molecule has 0 aliphatic carbocycles. The average molecular weight is 490 g/mol. The number of halogens is 2. The van der Waals surface area contributed by atoms with E-state index in [-0.39, 0.29) is 24.0 Å². The molecule has 25 heavy (non-hydrogen) atoms. The molecule has 0 unspecified atom stereocenters. The first-order valence-corrected chi connectivity index (χ1v) is 9.09. The number of nitrogens with zero attached hydrogens (tertiary/aromatic N) is 3. The molecule has 0 fully saturated rings. The quantitative estimate of drug-likeness (QED) is 0.320. The van der Waals surface area contributed by atoms with Crippen LogP contribution in [0, 0.1) is 6.92 Å². The van der Waals surface area contributed by atoms with Crippen molar-refractivity contribution < 1.29 is 0 Å². The lowest BCUT2D eigenvalue weighted by Gasteiger charge is -2.10. The number of thiophene rings is 1. The second-order valence-electron chi connectivity index (χ2n) is 5.42. The Labute approximate surface area is 173 Å². The Kier molecular flexibility index (Phi) is 7.52. The van der Waals surface area contributed by atoms with Crippen molar-refractivity contribution in [3.05, 3.63) is 57.1 Å². The molecule has 8 heteroatoms. The van der Waals surface area contributed by atoms with Gasteiger partial charge in [0.25, 0.3) is 0 Å². The summed E-state index contributed by atoms with van der Waals surface area (Å²) in [5.41, 5.74) is 3.08. The first-order chi connectivity index (χ1) is 11.7. The highest BCUT2D eigenvalue weighted by Crippen LogP contribution is 2.15. The van der Waals surface area contributed by atoms with E-state index in [0.29, 0.717) is 11.6 Å². The number of hydrogen-bond donors (Lipinski definition) is 2. The Balaban J connectivity index is 0.00000225. The van der Waals surface area contributed by atoms with Crippen molar-refractivity contribution in [3.63, 3.8) is 0 Å². The summed E-state index contributed by atoms with van der Waals surface area (Å²) in [6.45, 7) is 6.28. The number of guanidine groups is 1. The van der Waals surface area contributed by atoms with Crippen LogP contribution in [0.5, 0.6) is 0 Å². The maximum atomic E-state index is 6.00. The van der Waals surface area contributed by atoms with E-state index in [9.17, 15) is 0 Å². The molecule has 0 aliphatic rings. The zero-order chi connectivity index (χ0) is 16.9. The Morgan fingerprint density at radius 3 is 2.84 bits per heavy atom. The monoisotopic (exact) mass is 489 g/mol. The molecule has 2 N–H and O–H groups in total. The van der Waals surface area contributed by atoms with Crippen molar-refractivity contribution in [2.75, 3.05) is 6.54 Å². The third kappa shape index (κ3) is 5.32. The molecule has 0 aliphatic heterocycles. The van der Waals surface area contributed by atoms with E-state index in [1.807, 2.05) is 28.9 Å². The molecule has 3 aromatic rings. The summed E-state index contributed by atoms with van der Waals surface area (Å²) in [6.07, 6.45) is 3.80. The van der Waals surface area contributed by atoms with Crippen molar-refractivity contribution in [1.29, 1.82) is 0 Å². The number of pyridine rings is 1. The van der Waals surface area contributed by atoms with Gasteiger partial charge in [-0.05, 0) is 43.0 Å². The van der Waals surface area contributed by atoms with Gasteiger partial charge in [0.05, 0.1) is 23.8 Å². The summed E-state index contributed by atoms with van der Waals surface area (Å²) in [4.78, 5) is 10.5. The van der Waals surface area contributed by atoms with Gasteiger partial charge in [0.2, 0.25) is 0 Å². The number of nitrogens with one attached hydrogen (secondary N) is 2. The number of imidazole rings is 1. The van der Waals surface area contributed by atoms with Crippen LogP contribution in [0.15, 0.2) is 41.0 Å². The van der Waals surface area contributed by atoms with Crippen LogP contribution < -0.4 is 10.6 Å². The first kappa shape index (κ1) is 20.0. The van der Waals surface area contributed by atoms with E-state index in [1.54, 1.807) is 11.3 Å². The molecular formula is C17H21ClIN5S. The summed E-state index contributed by atoms with van der Waals surface area (Å²) in [6, 6.07) is 5.87. The number of aromatic nitrogens is 2. The number of fused-ring (bicyclic) bond motifs is 1. The highest BCUT2D eigenvalue weighted by atomic mass is 127. The van der Waals surface area contributed by atoms with Gasteiger partial charge in [0, 0.05) is 23.8 Å². The molecule has 0 saturated heterocycles. The van der Waals surface area contributed by atoms with Gasteiger partial charge in [0.1, 0.15) is 5.65 Å². The van der Waals surface area contributed by atoms with E-state index < -0.39 is 0 Å². The van der Waals surface area contributed by atoms with Gasteiger partial charge in [-0.15, -0.1) is 35.3 Å². The van der Waals surface area contributed by atoms with E-state index in [1.165, 1.54) is 10.4 Å². The van der Waals surface area contributed by atoms with Gasteiger partial charge < -0.3 is 15.0 Å². The molecule has 0 amide bonds. The molecule has 3 heterocycles. The summed E-state index contributed by atoms with van der Waals surface area (Å²) < 4.78 is 1.92. The predicted molar refractivity (Wildman–Crippen MR) is 116 cm³/mol. The third-order valence-electron chi connectivity index (χ3n) is 3.59. The fourth-order valence-electron chi connectivity index (χ4n) is 2.34. The molecule has 3 rings (SSSR count). The van der Waals surface area contributed by atoms with Crippen molar-refractivity contribution in [1.82, 2.24) is 20.0 Å². The van der Waals surface area contributed by atoms with E-state index in [4.69, 9.17) is 11.6 Å². The minimum atomic E-state index is 0. The van der Waals surface area contributed by atoms with Crippen molar-refractivity contribution >= 4 is 58.5 Å². The minimum absolute atomic E-state index is 0. The molecule has 0 bridgehead atoms. The number of aliphatic imine (C=N–C) groups is 1. The van der Waals surface area contributed by atoms with E-state index in [0.717, 1.165) is 30.4 Å². The zero-order valence-corrected chi connectivity index (χ0v) is 18.0. The normalized spacial score (nSPS) is 11.4. The largest absolute Gasteiger partial charge is 0.357 e. The zero-order valence-electron chi connectivity index (χ0n) is 14.1.